The standard InChI is InChI=1S/C11H16N4O4S/c16-10-9(4-13-11(17)14-10)20(18,19)15-5-7-2-1-3-12-8(7)6-15/h4,7-8,12H,1-3,5-6H2,(H2,13,14,16,17). The molecule has 0 saturated carbocycles. The Hall–Kier alpha value is -1.45. The van der Waals surface area contributed by atoms with Crippen molar-refractivity contribution in [3.63, 3.8) is 0 Å². The molecule has 0 spiro atoms. The minimum Gasteiger partial charge on any atom is -0.313 e. The van der Waals surface area contributed by atoms with Gasteiger partial charge in [0.2, 0.25) is 10.0 Å². The van der Waals surface area contributed by atoms with Crippen LogP contribution in [0.15, 0.2) is 20.7 Å². The molecule has 1 aromatic rings. The van der Waals surface area contributed by atoms with Gasteiger partial charge in [0.25, 0.3) is 5.56 Å². The monoisotopic (exact) mass is 300 g/mol. The zero-order valence-electron chi connectivity index (χ0n) is 10.8. The quantitative estimate of drug-likeness (QED) is 0.611. The molecule has 0 bridgehead atoms. The highest BCUT2D eigenvalue weighted by molar-refractivity contribution is 7.89. The molecule has 2 fully saturated rings. The van der Waals surface area contributed by atoms with Gasteiger partial charge in [-0.15, -0.1) is 0 Å². The van der Waals surface area contributed by atoms with Crippen molar-refractivity contribution in [2.24, 2.45) is 5.92 Å². The number of hydrogen-bond donors (Lipinski definition) is 3. The van der Waals surface area contributed by atoms with Crippen LogP contribution in [0.3, 0.4) is 0 Å². The lowest BCUT2D eigenvalue weighted by Gasteiger charge is -2.24. The predicted molar refractivity (Wildman–Crippen MR) is 71.0 cm³/mol. The maximum atomic E-state index is 12.5. The molecule has 0 radical (unpaired) electrons. The molecule has 2 aliphatic heterocycles. The van der Waals surface area contributed by atoms with E-state index in [9.17, 15) is 18.0 Å². The number of aromatic amines is 2. The van der Waals surface area contributed by atoms with Crippen molar-refractivity contribution in [1.29, 1.82) is 0 Å². The van der Waals surface area contributed by atoms with Gasteiger partial charge in [-0.3, -0.25) is 9.78 Å². The van der Waals surface area contributed by atoms with Gasteiger partial charge >= 0.3 is 5.69 Å². The number of nitrogens with zero attached hydrogens (tertiary/aromatic N) is 1. The second-order valence-corrected chi connectivity index (χ2v) is 7.13. The number of rotatable bonds is 2. The molecule has 110 valence electrons. The van der Waals surface area contributed by atoms with Gasteiger partial charge < -0.3 is 10.3 Å². The Morgan fingerprint density at radius 3 is 2.75 bits per heavy atom. The van der Waals surface area contributed by atoms with Crippen LogP contribution >= 0.6 is 0 Å². The summed E-state index contributed by atoms with van der Waals surface area (Å²) >= 11 is 0. The predicted octanol–water partition coefficient (Wildman–Crippen LogP) is -1.56. The summed E-state index contributed by atoms with van der Waals surface area (Å²) in [6.45, 7) is 1.68. The van der Waals surface area contributed by atoms with E-state index in [1.807, 2.05) is 4.98 Å². The molecular weight excluding hydrogens is 284 g/mol. The minimum atomic E-state index is -3.86. The van der Waals surface area contributed by atoms with Crippen molar-refractivity contribution in [1.82, 2.24) is 19.6 Å². The summed E-state index contributed by atoms with van der Waals surface area (Å²) in [4.78, 5) is 26.4. The number of hydrogen-bond acceptors (Lipinski definition) is 5. The van der Waals surface area contributed by atoms with E-state index in [2.05, 4.69) is 10.3 Å². The van der Waals surface area contributed by atoms with Crippen LogP contribution in [0.4, 0.5) is 0 Å². The summed E-state index contributed by atoms with van der Waals surface area (Å²) in [5, 5.41) is 3.31. The third-order valence-electron chi connectivity index (χ3n) is 3.97. The van der Waals surface area contributed by atoms with Crippen LogP contribution in [-0.4, -0.2) is 48.4 Å². The first-order chi connectivity index (χ1) is 9.48. The zero-order chi connectivity index (χ0) is 14.3. The minimum absolute atomic E-state index is 0.153. The molecule has 20 heavy (non-hydrogen) atoms. The SMILES string of the molecule is O=c1[nH]cc(S(=O)(=O)N2CC3CCCNC3C2)c(=O)[nH]1. The lowest BCUT2D eigenvalue weighted by molar-refractivity contribution is 0.339. The first-order valence-electron chi connectivity index (χ1n) is 6.54. The first-order valence-corrected chi connectivity index (χ1v) is 7.98. The zero-order valence-corrected chi connectivity index (χ0v) is 11.6. The summed E-state index contributed by atoms with van der Waals surface area (Å²) in [5.74, 6) is 0.292. The Balaban J connectivity index is 1.93. The lowest BCUT2D eigenvalue weighted by Crippen LogP contribution is -2.41. The van der Waals surface area contributed by atoms with Crippen LogP contribution in [0.1, 0.15) is 12.8 Å². The Labute approximate surface area is 115 Å². The Bertz CT molecular complexity index is 708. The van der Waals surface area contributed by atoms with Crippen molar-refractivity contribution < 1.29 is 8.42 Å². The van der Waals surface area contributed by atoms with Gasteiger partial charge in [0.05, 0.1) is 0 Å². The highest BCUT2D eigenvalue weighted by Gasteiger charge is 2.41. The molecule has 2 saturated heterocycles. The molecule has 9 heteroatoms. The summed E-state index contributed by atoms with van der Waals surface area (Å²) in [6.07, 6.45) is 2.99. The molecule has 1 aromatic heterocycles. The van der Waals surface area contributed by atoms with Crippen LogP contribution in [-0.2, 0) is 10.0 Å². The smallest absolute Gasteiger partial charge is 0.313 e. The van der Waals surface area contributed by atoms with Gasteiger partial charge in [0.1, 0.15) is 0 Å². The molecule has 2 unspecified atom stereocenters. The van der Waals surface area contributed by atoms with E-state index in [1.165, 1.54) is 4.31 Å². The summed E-state index contributed by atoms with van der Waals surface area (Å²) in [5.41, 5.74) is -1.60. The van der Waals surface area contributed by atoms with Crippen molar-refractivity contribution in [3.05, 3.63) is 27.0 Å². The molecule has 2 atom stereocenters. The van der Waals surface area contributed by atoms with Crippen LogP contribution < -0.4 is 16.6 Å². The topological polar surface area (TPSA) is 115 Å². The third kappa shape index (κ3) is 2.21. The molecular formula is C11H16N4O4S. The van der Waals surface area contributed by atoms with Gasteiger partial charge in [-0.05, 0) is 25.3 Å². The van der Waals surface area contributed by atoms with Crippen molar-refractivity contribution in [3.8, 4) is 0 Å². The highest BCUT2D eigenvalue weighted by Crippen LogP contribution is 2.28. The average Bonchev–Trinajstić information content (AvgIpc) is 2.82. The second kappa shape index (κ2) is 4.83. The van der Waals surface area contributed by atoms with E-state index < -0.39 is 26.2 Å². The lowest BCUT2D eigenvalue weighted by atomic mass is 9.94. The number of nitrogens with one attached hydrogen (secondary N) is 3. The summed E-state index contributed by atoms with van der Waals surface area (Å²) in [7, 11) is -3.86. The highest BCUT2D eigenvalue weighted by atomic mass is 32.2. The first kappa shape index (κ1) is 13.5. The number of fused-ring (bicyclic) bond motifs is 1. The normalized spacial score (nSPS) is 27.4. The fraction of sp³-hybridized carbons (Fsp3) is 0.636. The maximum absolute atomic E-state index is 12.5. The Kier molecular flexibility index (Phi) is 3.27. The third-order valence-corrected chi connectivity index (χ3v) is 5.81. The number of piperidine rings is 1. The number of aromatic nitrogens is 2. The van der Waals surface area contributed by atoms with Gasteiger partial charge in [-0.1, -0.05) is 0 Å². The molecule has 3 N–H and O–H groups in total. The van der Waals surface area contributed by atoms with Gasteiger partial charge in [-0.25, -0.2) is 13.2 Å². The van der Waals surface area contributed by atoms with E-state index in [4.69, 9.17) is 0 Å². The van der Waals surface area contributed by atoms with E-state index in [0.29, 0.717) is 19.0 Å². The van der Waals surface area contributed by atoms with E-state index in [0.717, 1.165) is 25.6 Å². The largest absolute Gasteiger partial charge is 0.325 e. The van der Waals surface area contributed by atoms with Gasteiger partial charge in [0, 0.05) is 25.3 Å². The fourth-order valence-corrected chi connectivity index (χ4v) is 4.45. The van der Waals surface area contributed by atoms with Crippen molar-refractivity contribution in [2.45, 2.75) is 23.8 Å². The molecule has 8 nitrogen and oxygen atoms in total. The van der Waals surface area contributed by atoms with E-state index in [-0.39, 0.29) is 6.04 Å². The second-order valence-electron chi connectivity index (χ2n) is 5.22. The van der Waals surface area contributed by atoms with Gasteiger partial charge in [-0.2, -0.15) is 4.31 Å². The van der Waals surface area contributed by atoms with Crippen LogP contribution in [0.2, 0.25) is 0 Å². The van der Waals surface area contributed by atoms with Crippen molar-refractivity contribution >= 4 is 10.0 Å². The Morgan fingerprint density at radius 2 is 2.05 bits per heavy atom. The number of sulfonamides is 1. The summed E-state index contributed by atoms with van der Waals surface area (Å²) in [6, 6.07) is 0.153. The molecule has 0 aliphatic carbocycles. The number of H-pyrrole nitrogens is 2. The van der Waals surface area contributed by atoms with E-state index >= 15 is 0 Å². The van der Waals surface area contributed by atoms with Crippen molar-refractivity contribution in [2.75, 3.05) is 19.6 Å². The maximum Gasteiger partial charge on any atom is 0.325 e. The summed E-state index contributed by atoms with van der Waals surface area (Å²) < 4.78 is 26.3. The molecule has 0 aromatic carbocycles. The fourth-order valence-electron chi connectivity index (χ4n) is 2.93. The van der Waals surface area contributed by atoms with Crippen LogP contribution in [0, 0.1) is 5.92 Å². The van der Waals surface area contributed by atoms with Crippen LogP contribution in [0.25, 0.3) is 0 Å². The molecule has 3 heterocycles. The molecule has 0 amide bonds. The average molecular weight is 300 g/mol. The van der Waals surface area contributed by atoms with Gasteiger partial charge in [0.15, 0.2) is 4.90 Å². The molecule has 3 rings (SSSR count). The van der Waals surface area contributed by atoms with E-state index in [1.54, 1.807) is 0 Å². The Morgan fingerprint density at radius 1 is 1.25 bits per heavy atom. The molecule has 2 aliphatic rings. The van der Waals surface area contributed by atoms with Crippen LogP contribution in [0.5, 0.6) is 0 Å².